The van der Waals surface area contributed by atoms with Gasteiger partial charge in [-0.2, -0.15) is 0 Å². The van der Waals surface area contributed by atoms with E-state index in [2.05, 4.69) is 16.9 Å². The summed E-state index contributed by atoms with van der Waals surface area (Å²) < 4.78 is 13.7. The average Bonchev–Trinajstić information content (AvgIpc) is 2.62. The molecule has 1 amide bonds. The molecule has 0 aliphatic rings. The monoisotopic (exact) mass is 348 g/mol. The van der Waals surface area contributed by atoms with E-state index in [0.29, 0.717) is 17.4 Å². The number of amides is 1. The van der Waals surface area contributed by atoms with Gasteiger partial charge >= 0.3 is 0 Å². The normalized spacial score (nSPS) is 11.9. The zero-order valence-electron chi connectivity index (χ0n) is 14.7. The Morgan fingerprint density at radius 1 is 1.19 bits per heavy atom. The first-order valence-corrected chi connectivity index (χ1v) is 8.56. The maximum atomic E-state index is 13.7. The van der Waals surface area contributed by atoms with Crippen LogP contribution in [0.5, 0.6) is 0 Å². The Morgan fingerprint density at radius 3 is 2.69 bits per heavy atom. The molecule has 0 saturated heterocycles. The number of aromatic nitrogens is 1. The third-order valence-electron chi connectivity index (χ3n) is 4.18. The van der Waals surface area contributed by atoms with Crippen molar-refractivity contribution in [1.82, 2.24) is 10.3 Å². The Kier molecular flexibility index (Phi) is 5.42. The molecular formula is C22H21FN2O. The minimum atomic E-state index is -0.390. The van der Waals surface area contributed by atoms with Crippen molar-refractivity contribution in [3.05, 3.63) is 89.9 Å². The smallest absolute Gasteiger partial charge is 0.253 e. The molecule has 3 aromatic rings. The van der Waals surface area contributed by atoms with Crippen LogP contribution in [0.15, 0.2) is 72.9 Å². The molecule has 3 rings (SSSR count). The second-order valence-corrected chi connectivity index (χ2v) is 6.56. The van der Waals surface area contributed by atoms with E-state index in [1.807, 2.05) is 37.3 Å². The Hall–Kier alpha value is -3.01. The van der Waals surface area contributed by atoms with Crippen LogP contribution in [0.1, 0.15) is 29.3 Å². The van der Waals surface area contributed by atoms with E-state index in [4.69, 9.17) is 0 Å². The highest BCUT2D eigenvalue weighted by molar-refractivity contribution is 5.97. The van der Waals surface area contributed by atoms with Crippen LogP contribution in [0.4, 0.5) is 4.39 Å². The molecule has 0 spiro atoms. The van der Waals surface area contributed by atoms with Crippen molar-refractivity contribution in [2.75, 3.05) is 0 Å². The lowest BCUT2D eigenvalue weighted by Crippen LogP contribution is -2.36. The van der Waals surface area contributed by atoms with Gasteiger partial charge in [0.25, 0.3) is 5.91 Å². The number of benzene rings is 2. The predicted octanol–water partition coefficient (Wildman–Crippen LogP) is 4.68. The number of hydrogen-bond acceptors (Lipinski definition) is 2. The van der Waals surface area contributed by atoms with Crippen LogP contribution in [-0.4, -0.2) is 16.9 Å². The van der Waals surface area contributed by atoms with Gasteiger partial charge < -0.3 is 5.32 Å². The number of carbonyl (C=O) groups excluding carboxylic acids is 1. The van der Waals surface area contributed by atoms with Gasteiger partial charge in [0, 0.05) is 17.6 Å². The summed E-state index contributed by atoms with van der Waals surface area (Å²) in [5, 5.41) is 3.67. The van der Waals surface area contributed by atoms with E-state index in [0.717, 1.165) is 17.6 Å². The maximum absolute atomic E-state index is 13.7. The molecule has 1 heterocycles. The van der Waals surface area contributed by atoms with Gasteiger partial charge in [-0.25, -0.2) is 4.39 Å². The molecule has 132 valence electrons. The van der Waals surface area contributed by atoms with E-state index in [1.54, 1.807) is 18.2 Å². The summed E-state index contributed by atoms with van der Waals surface area (Å²) in [6, 6.07) is 16.3. The van der Waals surface area contributed by atoms with Crippen LogP contribution in [0.2, 0.25) is 0 Å². The first-order valence-electron chi connectivity index (χ1n) is 8.56. The maximum Gasteiger partial charge on any atom is 0.253 e. The lowest BCUT2D eigenvalue weighted by Gasteiger charge is -2.19. The van der Waals surface area contributed by atoms with Gasteiger partial charge in [-0.15, -0.1) is 6.58 Å². The number of para-hydroxylation sites is 1. The number of rotatable bonds is 6. The van der Waals surface area contributed by atoms with Crippen molar-refractivity contribution in [2.24, 2.45) is 0 Å². The molecule has 26 heavy (non-hydrogen) atoms. The standard InChI is InChI=1S/C22H21FN2O/c1-15(2)11-19(12-16-7-4-3-5-8-16)25-22(26)18-13-17-9-6-10-20(23)21(17)24-14-18/h3-10,13-14,19H,1,11-12H2,2H3,(H,25,26)/t19-/m1/s1. The summed E-state index contributed by atoms with van der Waals surface area (Å²) in [5.41, 5.74) is 2.84. The van der Waals surface area contributed by atoms with Gasteiger partial charge in [-0.3, -0.25) is 9.78 Å². The summed E-state index contributed by atoms with van der Waals surface area (Å²) >= 11 is 0. The Morgan fingerprint density at radius 2 is 1.96 bits per heavy atom. The third-order valence-corrected chi connectivity index (χ3v) is 4.18. The second-order valence-electron chi connectivity index (χ2n) is 6.56. The van der Waals surface area contributed by atoms with E-state index in [9.17, 15) is 9.18 Å². The first kappa shape index (κ1) is 17.8. The number of carbonyl (C=O) groups is 1. The molecule has 0 fully saturated rings. The molecule has 0 saturated carbocycles. The molecule has 2 aromatic carbocycles. The SMILES string of the molecule is C=C(C)C[C@H](Cc1ccccc1)NC(=O)c1cnc2c(F)cccc2c1. The van der Waals surface area contributed by atoms with Crippen LogP contribution in [0.3, 0.4) is 0 Å². The average molecular weight is 348 g/mol. The van der Waals surface area contributed by atoms with Gasteiger partial charge in [-0.1, -0.05) is 48.0 Å². The highest BCUT2D eigenvalue weighted by Gasteiger charge is 2.16. The molecule has 1 atom stereocenters. The van der Waals surface area contributed by atoms with E-state index in [1.165, 1.54) is 12.3 Å². The van der Waals surface area contributed by atoms with Crippen molar-refractivity contribution in [2.45, 2.75) is 25.8 Å². The molecule has 0 unspecified atom stereocenters. The number of nitrogens with one attached hydrogen (secondary N) is 1. The van der Waals surface area contributed by atoms with Crippen LogP contribution in [0, 0.1) is 5.82 Å². The molecule has 0 bridgehead atoms. The number of nitrogens with zero attached hydrogens (tertiary/aromatic N) is 1. The third kappa shape index (κ3) is 4.33. The van der Waals surface area contributed by atoms with Gasteiger partial charge in [0.15, 0.2) is 0 Å². The van der Waals surface area contributed by atoms with Gasteiger partial charge in [0.1, 0.15) is 11.3 Å². The predicted molar refractivity (Wildman–Crippen MR) is 103 cm³/mol. The number of halogens is 1. The molecular weight excluding hydrogens is 327 g/mol. The topological polar surface area (TPSA) is 42.0 Å². The second kappa shape index (κ2) is 7.91. The minimum Gasteiger partial charge on any atom is -0.349 e. The summed E-state index contributed by atoms with van der Waals surface area (Å²) in [4.78, 5) is 16.8. The highest BCUT2D eigenvalue weighted by Crippen LogP contribution is 2.17. The van der Waals surface area contributed by atoms with Gasteiger partial charge in [-0.05, 0) is 37.5 Å². The molecule has 0 aliphatic heterocycles. The van der Waals surface area contributed by atoms with Crippen LogP contribution < -0.4 is 5.32 Å². The zero-order valence-corrected chi connectivity index (χ0v) is 14.7. The van der Waals surface area contributed by atoms with Gasteiger partial charge in [0.05, 0.1) is 5.56 Å². The van der Waals surface area contributed by atoms with Crippen molar-refractivity contribution < 1.29 is 9.18 Å². The Bertz CT molecular complexity index is 937. The largest absolute Gasteiger partial charge is 0.349 e. The quantitative estimate of drug-likeness (QED) is 0.657. The number of pyridine rings is 1. The van der Waals surface area contributed by atoms with E-state index >= 15 is 0 Å². The van der Waals surface area contributed by atoms with Gasteiger partial charge in [0.2, 0.25) is 0 Å². The van der Waals surface area contributed by atoms with E-state index < -0.39 is 5.82 Å². The summed E-state index contributed by atoms with van der Waals surface area (Å²) in [7, 11) is 0. The van der Waals surface area contributed by atoms with E-state index in [-0.39, 0.29) is 17.5 Å². The molecule has 4 heteroatoms. The highest BCUT2D eigenvalue weighted by atomic mass is 19.1. The molecule has 1 aromatic heterocycles. The van der Waals surface area contributed by atoms with Crippen molar-refractivity contribution >= 4 is 16.8 Å². The zero-order chi connectivity index (χ0) is 18.5. The molecule has 0 aliphatic carbocycles. The van der Waals surface area contributed by atoms with Crippen LogP contribution in [0.25, 0.3) is 10.9 Å². The van der Waals surface area contributed by atoms with Crippen LogP contribution >= 0.6 is 0 Å². The molecule has 3 nitrogen and oxygen atoms in total. The lowest BCUT2D eigenvalue weighted by atomic mass is 10.00. The lowest BCUT2D eigenvalue weighted by molar-refractivity contribution is 0.0936. The minimum absolute atomic E-state index is 0.0643. The fourth-order valence-electron chi connectivity index (χ4n) is 3.01. The number of fused-ring (bicyclic) bond motifs is 1. The van der Waals surface area contributed by atoms with Crippen LogP contribution in [-0.2, 0) is 6.42 Å². The van der Waals surface area contributed by atoms with Crippen molar-refractivity contribution in [1.29, 1.82) is 0 Å². The summed E-state index contributed by atoms with van der Waals surface area (Å²) in [6.45, 7) is 5.91. The first-order chi connectivity index (χ1) is 12.5. The fourth-order valence-corrected chi connectivity index (χ4v) is 3.01. The fraction of sp³-hybridized carbons (Fsp3) is 0.182. The van der Waals surface area contributed by atoms with Crippen molar-refractivity contribution in [3.8, 4) is 0 Å². The summed E-state index contributed by atoms with van der Waals surface area (Å²) in [5.74, 6) is -0.607. The molecule has 1 N–H and O–H groups in total. The number of hydrogen-bond donors (Lipinski definition) is 1. The van der Waals surface area contributed by atoms with Crippen molar-refractivity contribution in [3.63, 3.8) is 0 Å². The summed E-state index contributed by atoms with van der Waals surface area (Å²) in [6.07, 6.45) is 2.83. The molecule has 0 radical (unpaired) electrons. The Balaban J connectivity index is 1.79. The Labute approximate surface area is 152 Å².